The van der Waals surface area contributed by atoms with Gasteiger partial charge in [0.2, 0.25) is 0 Å². The van der Waals surface area contributed by atoms with Crippen LogP contribution in [0.3, 0.4) is 0 Å². The lowest BCUT2D eigenvalue weighted by Crippen LogP contribution is -2.39. The molecule has 0 saturated carbocycles. The van der Waals surface area contributed by atoms with Crippen molar-refractivity contribution in [3.63, 3.8) is 0 Å². The Morgan fingerprint density at radius 2 is 2.19 bits per heavy atom. The van der Waals surface area contributed by atoms with Crippen molar-refractivity contribution in [1.29, 1.82) is 0 Å². The van der Waals surface area contributed by atoms with Gasteiger partial charge in [0.25, 0.3) is 5.91 Å². The smallest absolute Gasteiger partial charge is 0.272 e. The molecule has 0 bridgehead atoms. The molecule has 7 nitrogen and oxygen atoms in total. The quantitative estimate of drug-likeness (QED) is 0.713. The number of amides is 1. The first-order valence-corrected chi connectivity index (χ1v) is 9.18. The van der Waals surface area contributed by atoms with E-state index in [1.165, 1.54) is 0 Å². The topological polar surface area (TPSA) is 65.2 Å². The Labute approximate surface area is 158 Å². The predicted octanol–water partition coefficient (Wildman–Crippen LogP) is 2.51. The van der Waals surface area contributed by atoms with Gasteiger partial charge in [0.1, 0.15) is 17.5 Å². The molecule has 27 heavy (non-hydrogen) atoms. The third kappa shape index (κ3) is 3.58. The molecule has 3 aromatic heterocycles. The molecular formula is C20H23N5O2. The van der Waals surface area contributed by atoms with Crippen molar-refractivity contribution in [1.82, 2.24) is 24.2 Å². The van der Waals surface area contributed by atoms with Crippen molar-refractivity contribution in [2.45, 2.75) is 39.6 Å². The summed E-state index contributed by atoms with van der Waals surface area (Å²) in [6.45, 7) is 6.30. The third-order valence-electron chi connectivity index (χ3n) is 4.75. The van der Waals surface area contributed by atoms with Crippen LogP contribution in [0.4, 0.5) is 0 Å². The van der Waals surface area contributed by atoms with E-state index in [1.807, 2.05) is 49.2 Å². The number of fused-ring (bicyclic) bond motifs is 1. The molecule has 0 N–H and O–H groups in total. The summed E-state index contributed by atoms with van der Waals surface area (Å²) in [5, 5.41) is 4.41. The summed E-state index contributed by atoms with van der Waals surface area (Å²) in [6, 6.07) is 9.64. The number of hydrogen-bond acceptors (Lipinski definition) is 4. The maximum absolute atomic E-state index is 13.3. The first kappa shape index (κ1) is 17.3. The zero-order valence-electron chi connectivity index (χ0n) is 15.6. The predicted molar refractivity (Wildman–Crippen MR) is 100 cm³/mol. The summed E-state index contributed by atoms with van der Waals surface area (Å²) in [5.41, 5.74) is 2.57. The Morgan fingerprint density at radius 1 is 1.30 bits per heavy atom. The monoisotopic (exact) mass is 365 g/mol. The van der Waals surface area contributed by atoms with Crippen LogP contribution in [0.5, 0.6) is 5.75 Å². The van der Waals surface area contributed by atoms with Crippen LogP contribution in [0.1, 0.15) is 28.8 Å². The van der Waals surface area contributed by atoms with Crippen LogP contribution in [0.15, 0.2) is 48.9 Å². The van der Waals surface area contributed by atoms with E-state index in [1.54, 1.807) is 17.1 Å². The zero-order valence-corrected chi connectivity index (χ0v) is 15.6. The van der Waals surface area contributed by atoms with Crippen molar-refractivity contribution in [3.05, 3.63) is 66.0 Å². The van der Waals surface area contributed by atoms with Crippen molar-refractivity contribution in [2.75, 3.05) is 6.54 Å². The van der Waals surface area contributed by atoms with Crippen LogP contribution in [-0.2, 0) is 19.6 Å². The van der Waals surface area contributed by atoms with Crippen LogP contribution in [0, 0.1) is 6.92 Å². The zero-order chi connectivity index (χ0) is 18.8. The van der Waals surface area contributed by atoms with Crippen molar-refractivity contribution < 1.29 is 9.53 Å². The average Bonchev–Trinajstić information content (AvgIpc) is 3.23. The number of ether oxygens (including phenoxy) is 1. The van der Waals surface area contributed by atoms with E-state index in [9.17, 15) is 4.79 Å². The Balaban J connectivity index is 1.62. The molecule has 1 amide bonds. The largest absolute Gasteiger partial charge is 0.485 e. The lowest BCUT2D eigenvalue weighted by atomic mass is 10.2. The summed E-state index contributed by atoms with van der Waals surface area (Å²) >= 11 is 0. The normalized spacial score (nSPS) is 16.7. The Hall–Kier alpha value is -3.09. The number of aryl methyl sites for hydroxylation is 2. The molecular weight excluding hydrogens is 342 g/mol. The lowest BCUT2D eigenvalue weighted by molar-refractivity contribution is 0.0639. The second kappa shape index (κ2) is 7.26. The van der Waals surface area contributed by atoms with Crippen molar-refractivity contribution in [2.24, 2.45) is 0 Å². The number of hydrogen-bond donors (Lipinski definition) is 0. The molecule has 140 valence electrons. The fourth-order valence-corrected chi connectivity index (χ4v) is 3.51. The van der Waals surface area contributed by atoms with Gasteiger partial charge in [-0.2, -0.15) is 5.10 Å². The number of aromatic nitrogens is 4. The van der Waals surface area contributed by atoms with Crippen LogP contribution < -0.4 is 4.74 Å². The van der Waals surface area contributed by atoms with Gasteiger partial charge >= 0.3 is 0 Å². The maximum Gasteiger partial charge on any atom is 0.272 e. The van der Waals surface area contributed by atoms with Crippen LogP contribution in [-0.4, -0.2) is 42.8 Å². The highest BCUT2D eigenvalue weighted by Crippen LogP contribution is 2.20. The van der Waals surface area contributed by atoms with Crippen LogP contribution >= 0.6 is 0 Å². The number of nitrogens with zero attached hydrogens (tertiary/aromatic N) is 5. The molecule has 1 atom stereocenters. The first-order chi connectivity index (χ1) is 13.1. The SMILES string of the molecule is CCn1nc(C)cc1C(=O)N1Cc2cccn2C[C@H](Oc2cccnc2)C1. The van der Waals surface area contributed by atoms with Crippen molar-refractivity contribution in [3.8, 4) is 5.75 Å². The first-order valence-electron chi connectivity index (χ1n) is 9.18. The van der Waals surface area contributed by atoms with Gasteiger partial charge in [-0.05, 0) is 44.2 Å². The Morgan fingerprint density at radius 3 is 2.96 bits per heavy atom. The molecule has 4 heterocycles. The molecule has 0 spiro atoms. The summed E-state index contributed by atoms with van der Waals surface area (Å²) in [4.78, 5) is 19.2. The third-order valence-corrected chi connectivity index (χ3v) is 4.75. The van der Waals surface area contributed by atoms with E-state index in [2.05, 4.69) is 20.7 Å². The van der Waals surface area contributed by atoms with Crippen molar-refractivity contribution >= 4 is 5.91 Å². The fraction of sp³-hybridized carbons (Fsp3) is 0.350. The second-order valence-corrected chi connectivity index (χ2v) is 6.75. The molecule has 7 heteroatoms. The van der Waals surface area contributed by atoms with E-state index >= 15 is 0 Å². The Kier molecular flexibility index (Phi) is 4.66. The molecule has 0 aromatic carbocycles. The molecule has 4 rings (SSSR count). The van der Waals surface area contributed by atoms with Gasteiger partial charge in [-0.25, -0.2) is 0 Å². The van der Waals surface area contributed by atoms with E-state index in [4.69, 9.17) is 4.74 Å². The van der Waals surface area contributed by atoms with E-state index in [0.29, 0.717) is 37.6 Å². The van der Waals surface area contributed by atoms with Gasteiger partial charge in [-0.3, -0.25) is 14.5 Å². The summed E-state index contributed by atoms with van der Waals surface area (Å²) in [6.07, 6.45) is 5.28. The molecule has 3 aromatic rings. The van der Waals surface area contributed by atoms with Gasteiger partial charge in [0.05, 0.1) is 31.5 Å². The highest BCUT2D eigenvalue weighted by Gasteiger charge is 2.28. The molecule has 0 unspecified atom stereocenters. The van der Waals surface area contributed by atoms with Gasteiger partial charge < -0.3 is 14.2 Å². The minimum Gasteiger partial charge on any atom is -0.485 e. The second-order valence-electron chi connectivity index (χ2n) is 6.75. The summed E-state index contributed by atoms with van der Waals surface area (Å²) in [7, 11) is 0. The van der Waals surface area contributed by atoms with Crippen LogP contribution in [0.25, 0.3) is 0 Å². The van der Waals surface area contributed by atoms with E-state index < -0.39 is 0 Å². The minimum absolute atomic E-state index is 0.0214. The summed E-state index contributed by atoms with van der Waals surface area (Å²) < 4.78 is 10.1. The van der Waals surface area contributed by atoms with Gasteiger partial charge in [0, 0.05) is 24.6 Å². The summed E-state index contributed by atoms with van der Waals surface area (Å²) in [5.74, 6) is 0.687. The molecule has 0 aliphatic carbocycles. The van der Waals surface area contributed by atoms with Gasteiger partial charge in [0.15, 0.2) is 0 Å². The average molecular weight is 365 g/mol. The molecule has 1 aliphatic rings. The lowest BCUT2D eigenvalue weighted by Gasteiger charge is -2.25. The maximum atomic E-state index is 13.3. The molecule has 0 radical (unpaired) electrons. The number of carbonyl (C=O) groups is 1. The fourth-order valence-electron chi connectivity index (χ4n) is 3.51. The standard InChI is InChI=1S/C20H23N5O2/c1-3-25-19(10-15(2)22-25)20(26)24-12-16-6-5-9-23(16)13-18(14-24)27-17-7-4-8-21-11-17/h4-11,18H,3,12-14H2,1-2H3/t18-/m0/s1. The highest BCUT2D eigenvalue weighted by molar-refractivity contribution is 5.92. The molecule has 1 aliphatic heterocycles. The highest BCUT2D eigenvalue weighted by atomic mass is 16.5. The van der Waals surface area contributed by atoms with E-state index in [0.717, 1.165) is 11.4 Å². The van der Waals surface area contributed by atoms with Crippen LogP contribution in [0.2, 0.25) is 0 Å². The number of pyridine rings is 1. The van der Waals surface area contributed by atoms with E-state index in [-0.39, 0.29) is 12.0 Å². The van der Waals surface area contributed by atoms with Gasteiger partial charge in [-0.1, -0.05) is 0 Å². The molecule has 0 fully saturated rings. The molecule has 0 saturated heterocycles. The number of rotatable bonds is 4. The minimum atomic E-state index is -0.161. The number of carbonyl (C=O) groups excluding carboxylic acids is 1. The van der Waals surface area contributed by atoms with Gasteiger partial charge in [-0.15, -0.1) is 0 Å². The Bertz CT molecular complexity index is 931.